The minimum atomic E-state index is -0.854. The zero-order chi connectivity index (χ0) is 38.7. The molecule has 2 aliphatic rings. The van der Waals surface area contributed by atoms with Gasteiger partial charge in [0.05, 0.1) is 17.3 Å². The minimum Gasteiger partial charge on any atom is -0.506 e. The lowest BCUT2D eigenvalue weighted by Gasteiger charge is -2.34. The number of piperidine rings is 1. The lowest BCUT2D eigenvalue weighted by Crippen LogP contribution is -2.45. The Kier molecular flexibility index (Phi) is 13.1. The number of hydrogen-bond acceptors (Lipinski definition) is 8. The van der Waals surface area contributed by atoms with Gasteiger partial charge in [-0.15, -0.1) is 6.58 Å². The third-order valence-corrected chi connectivity index (χ3v) is 10.0. The number of phenols is 1. The molecule has 1 unspecified atom stereocenters. The van der Waals surface area contributed by atoms with Crippen LogP contribution in [0.5, 0.6) is 5.75 Å². The molecule has 1 fully saturated rings. The molecule has 11 nitrogen and oxygen atoms in total. The largest absolute Gasteiger partial charge is 0.506 e. The number of para-hydroxylation sites is 1. The summed E-state index contributed by atoms with van der Waals surface area (Å²) in [4.78, 5) is 44.8. The van der Waals surface area contributed by atoms with E-state index in [0.717, 1.165) is 66.7 Å². The van der Waals surface area contributed by atoms with Crippen LogP contribution in [0, 0.1) is 0 Å². The number of phenolic OH excluding ortho intramolecular Hbond substituents is 1. The summed E-state index contributed by atoms with van der Waals surface area (Å²) in [6, 6.07) is 29.6. The van der Waals surface area contributed by atoms with Crippen LogP contribution in [0.1, 0.15) is 52.9 Å². The summed E-state index contributed by atoms with van der Waals surface area (Å²) in [5.41, 5.74) is 6.04. The first kappa shape index (κ1) is 39.0. The van der Waals surface area contributed by atoms with Crippen molar-refractivity contribution in [2.75, 3.05) is 44.6 Å². The van der Waals surface area contributed by atoms with Gasteiger partial charge in [-0.2, -0.15) is 0 Å². The summed E-state index contributed by atoms with van der Waals surface area (Å²) in [5.74, 6) is -0.00622. The van der Waals surface area contributed by atoms with Gasteiger partial charge in [-0.3, -0.25) is 14.9 Å². The van der Waals surface area contributed by atoms with Gasteiger partial charge in [-0.1, -0.05) is 72.8 Å². The van der Waals surface area contributed by atoms with Crippen LogP contribution in [0.15, 0.2) is 115 Å². The molecule has 4 aromatic carbocycles. The van der Waals surface area contributed by atoms with Gasteiger partial charge in [0.15, 0.2) is 0 Å². The van der Waals surface area contributed by atoms with Gasteiger partial charge in [0.2, 0.25) is 5.56 Å². The van der Waals surface area contributed by atoms with Crippen LogP contribution in [-0.2, 0) is 17.7 Å². The number of nitrogens with zero attached hydrogens (tertiary/aromatic N) is 2. The summed E-state index contributed by atoms with van der Waals surface area (Å²) < 4.78 is 5.80. The van der Waals surface area contributed by atoms with Crippen molar-refractivity contribution in [2.24, 2.45) is 0 Å². The van der Waals surface area contributed by atoms with Gasteiger partial charge in [0.25, 0.3) is 5.91 Å². The van der Waals surface area contributed by atoms with E-state index in [0.29, 0.717) is 41.8 Å². The number of likely N-dealkylation sites (tertiary alicyclic amines) is 1. The van der Waals surface area contributed by atoms with E-state index in [-0.39, 0.29) is 29.9 Å². The molecular weight excluding hydrogens is 695 g/mol. The number of aromatic amines is 1. The highest BCUT2D eigenvalue weighted by Gasteiger charge is 2.27. The molecule has 11 heteroatoms. The molecule has 2 aliphatic heterocycles. The Morgan fingerprint density at radius 3 is 2.47 bits per heavy atom. The second kappa shape index (κ2) is 18.5. The number of aromatic hydroxyl groups is 1. The number of anilines is 1. The predicted octanol–water partition coefficient (Wildman–Crippen LogP) is 6.63. The van der Waals surface area contributed by atoms with E-state index >= 15 is 0 Å². The van der Waals surface area contributed by atoms with Crippen LogP contribution in [0.2, 0.25) is 0 Å². The van der Waals surface area contributed by atoms with Crippen LogP contribution >= 0.6 is 0 Å². The molecule has 1 aromatic heterocycles. The summed E-state index contributed by atoms with van der Waals surface area (Å²) in [6.07, 6.45) is 2.55. The average Bonchev–Trinajstić information content (AvgIpc) is 3.19. The highest BCUT2D eigenvalue weighted by atomic mass is 16.6. The molecule has 1 saturated heterocycles. The predicted molar refractivity (Wildman–Crippen MR) is 216 cm³/mol. The van der Waals surface area contributed by atoms with Crippen LogP contribution in [0.3, 0.4) is 0 Å². The number of nitrogens with one attached hydrogen (secondary N) is 3. The Morgan fingerprint density at radius 2 is 1.69 bits per heavy atom. The zero-order valence-electron chi connectivity index (χ0n) is 31.2. The van der Waals surface area contributed by atoms with Gasteiger partial charge in [-0.25, -0.2) is 4.79 Å². The number of allylic oxidation sites excluding steroid dienone is 1. The van der Waals surface area contributed by atoms with Crippen molar-refractivity contribution in [2.45, 2.75) is 44.9 Å². The third kappa shape index (κ3) is 9.87. The Bertz CT molecular complexity index is 2160. The standard InChI is InChI=1S/C41H43N5O6.C3H6/c47-36-14-12-33(34-13-15-38(49)44-39(34)36)37(48)26-42-25-27-10-11-32-29(24-27)16-21-46(40(32)50)23-22-45-19-17-30(18-20-45)52-41(51)43-35-9-5-4-8-31(35)28-6-2-1-3-7-28;1-3-2/h1-15,24,30,37,42,47-48H,16-23,25-26H2,(H,43,51)(H,44,49);3H,1H2,2H3. The van der Waals surface area contributed by atoms with E-state index in [4.69, 9.17) is 4.74 Å². The van der Waals surface area contributed by atoms with Crippen LogP contribution in [-0.4, -0.2) is 82.4 Å². The summed E-state index contributed by atoms with van der Waals surface area (Å²) >= 11 is 0. The topological polar surface area (TPSA) is 147 Å². The SMILES string of the molecule is C=CC.O=C(Nc1ccccc1-c1ccccc1)OC1CCN(CCN2CCc3cc(CNCC(O)c4ccc(O)c5[nH]c(=O)ccc45)ccc3C2=O)CC1. The first-order valence-electron chi connectivity index (χ1n) is 18.8. The lowest BCUT2D eigenvalue weighted by molar-refractivity contribution is 0.0517. The Balaban J connectivity index is 0.00000166. The number of rotatable bonds is 11. The van der Waals surface area contributed by atoms with E-state index in [9.17, 15) is 24.6 Å². The number of ether oxygens (including phenoxy) is 1. The van der Waals surface area contributed by atoms with Crippen LogP contribution < -0.4 is 16.2 Å². The number of pyridine rings is 1. The van der Waals surface area contributed by atoms with Crippen molar-refractivity contribution in [3.8, 4) is 16.9 Å². The Morgan fingerprint density at radius 1 is 0.945 bits per heavy atom. The molecule has 3 heterocycles. The Hall–Kier alpha value is -5.75. The summed E-state index contributed by atoms with van der Waals surface area (Å²) in [7, 11) is 0. The molecule has 0 spiro atoms. The first-order chi connectivity index (χ1) is 26.7. The number of aromatic nitrogens is 1. The van der Waals surface area contributed by atoms with Crippen molar-refractivity contribution < 1.29 is 24.5 Å². The fourth-order valence-corrected chi connectivity index (χ4v) is 7.19. The quantitative estimate of drug-likeness (QED) is 0.0949. The molecule has 5 aromatic rings. The Labute approximate surface area is 321 Å². The van der Waals surface area contributed by atoms with Gasteiger partial charge in [-0.05, 0) is 72.7 Å². The molecule has 0 saturated carbocycles. The van der Waals surface area contributed by atoms with Crippen molar-refractivity contribution in [1.29, 1.82) is 0 Å². The highest BCUT2D eigenvalue weighted by Crippen LogP contribution is 2.30. The maximum Gasteiger partial charge on any atom is 0.411 e. The molecule has 1 atom stereocenters. The monoisotopic (exact) mass is 743 g/mol. The second-order valence-corrected chi connectivity index (χ2v) is 13.9. The number of carbonyl (C=O) groups is 2. The van der Waals surface area contributed by atoms with E-state index in [1.807, 2.05) is 78.6 Å². The molecule has 5 N–H and O–H groups in total. The molecule has 2 amide bonds. The number of aliphatic hydroxyl groups is 1. The third-order valence-electron chi connectivity index (χ3n) is 10.0. The highest BCUT2D eigenvalue weighted by molar-refractivity contribution is 5.97. The maximum atomic E-state index is 13.4. The zero-order valence-corrected chi connectivity index (χ0v) is 31.2. The van der Waals surface area contributed by atoms with Crippen molar-refractivity contribution in [3.63, 3.8) is 0 Å². The normalized spacial score (nSPS) is 15.1. The maximum absolute atomic E-state index is 13.4. The molecule has 0 aliphatic carbocycles. The summed E-state index contributed by atoms with van der Waals surface area (Å²) in [5, 5.41) is 27.8. The molecule has 55 heavy (non-hydrogen) atoms. The molecule has 0 radical (unpaired) electrons. The molecule has 286 valence electrons. The van der Waals surface area contributed by atoms with Gasteiger partial charge in [0, 0.05) is 68.4 Å². The first-order valence-corrected chi connectivity index (χ1v) is 18.8. The number of aliphatic hydroxyl groups excluding tert-OH is 1. The number of benzene rings is 4. The summed E-state index contributed by atoms with van der Waals surface area (Å²) in [6.45, 7) is 9.68. The van der Waals surface area contributed by atoms with Gasteiger partial charge >= 0.3 is 6.09 Å². The van der Waals surface area contributed by atoms with Gasteiger partial charge < -0.3 is 35.1 Å². The van der Waals surface area contributed by atoms with Crippen LogP contribution in [0.25, 0.3) is 22.0 Å². The number of carbonyl (C=O) groups excluding carboxylic acids is 2. The second-order valence-electron chi connectivity index (χ2n) is 13.9. The average molecular weight is 744 g/mol. The minimum absolute atomic E-state index is 0.0408. The van der Waals surface area contributed by atoms with E-state index in [2.05, 4.69) is 33.2 Å². The number of fused-ring (bicyclic) bond motifs is 2. The number of hydrogen-bond donors (Lipinski definition) is 5. The van der Waals surface area contributed by atoms with E-state index < -0.39 is 12.2 Å². The molecule has 7 rings (SSSR count). The van der Waals surface area contributed by atoms with Gasteiger partial charge in [0.1, 0.15) is 11.9 Å². The van der Waals surface area contributed by atoms with Crippen molar-refractivity contribution >= 4 is 28.6 Å². The number of amides is 2. The molecule has 0 bridgehead atoms. The number of H-pyrrole nitrogens is 1. The van der Waals surface area contributed by atoms with E-state index in [1.165, 1.54) is 12.1 Å². The smallest absolute Gasteiger partial charge is 0.411 e. The fourth-order valence-electron chi connectivity index (χ4n) is 7.19. The van der Waals surface area contributed by atoms with E-state index in [1.54, 1.807) is 18.2 Å². The fraction of sp³-hybridized carbons (Fsp3) is 0.295. The van der Waals surface area contributed by atoms with Crippen molar-refractivity contribution in [3.05, 3.63) is 142 Å². The van der Waals surface area contributed by atoms with Crippen LogP contribution in [0.4, 0.5) is 10.5 Å². The lowest BCUT2D eigenvalue weighted by atomic mass is 9.96. The molecular formula is C44H49N5O6. The van der Waals surface area contributed by atoms with Crippen molar-refractivity contribution in [1.82, 2.24) is 20.1 Å².